The topological polar surface area (TPSA) is 65.4 Å². The maximum absolute atomic E-state index is 11.9. The van der Waals surface area contributed by atoms with Gasteiger partial charge in [-0.25, -0.2) is 0 Å². The van der Waals surface area contributed by atoms with Crippen LogP contribution in [0.5, 0.6) is 11.5 Å². The smallest absolute Gasteiger partial charge is 0.241 e. The van der Waals surface area contributed by atoms with Crippen molar-refractivity contribution in [3.63, 3.8) is 0 Å². The first-order valence-corrected chi connectivity index (χ1v) is 8.61. The number of amides is 1. The van der Waals surface area contributed by atoms with Gasteiger partial charge in [0.25, 0.3) is 0 Å². The zero-order valence-electron chi connectivity index (χ0n) is 12.6. The first-order valence-electron chi connectivity index (χ1n) is 7.53. The van der Waals surface area contributed by atoms with Crippen LogP contribution in [0.4, 0.5) is 0 Å². The molecule has 2 aromatic rings. The van der Waals surface area contributed by atoms with Gasteiger partial charge in [0.15, 0.2) is 5.75 Å². The lowest BCUT2D eigenvalue weighted by atomic mass is 10.2. The van der Waals surface area contributed by atoms with Gasteiger partial charge in [-0.05, 0) is 59.7 Å². The Morgan fingerprint density at radius 3 is 2.96 bits per heavy atom. The molecule has 0 radical (unpaired) electrons. The lowest BCUT2D eigenvalue weighted by Crippen LogP contribution is -2.34. The molecular weight excluding hydrogens is 409 g/mol. The lowest BCUT2D eigenvalue weighted by Gasteiger charge is -2.10. The van der Waals surface area contributed by atoms with Crippen molar-refractivity contribution >= 4 is 28.5 Å². The Labute approximate surface area is 148 Å². The molecule has 122 valence electrons. The third kappa shape index (κ3) is 4.93. The van der Waals surface area contributed by atoms with Crippen molar-refractivity contribution in [3.8, 4) is 11.5 Å². The summed E-state index contributed by atoms with van der Waals surface area (Å²) in [6.07, 6.45) is 5.54. The summed E-state index contributed by atoms with van der Waals surface area (Å²) in [5.74, 6) is 1.27. The van der Waals surface area contributed by atoms with Crippen molar-refractivity contribution in [1.29, 1.82) is 0 Å². The monoisotopic (exact) mass is 427 g/mol. The molecule has 1 N–H and O–H groups in total. The molecule has 0 spiro atoms. The van der Waals surface area contributed by atoms with Crippen LogP contribution in [-0.2, 0) is 16.1 Å². The van der Waals surface area contributed by atoms with Crippen LogP contribution in [0.2, 0.25) is 0 Å². The van der Waals surface area contributed by atoms with Gasteiger partial charge in [0.2, 0.25) is 5.91 Å². The van der Waals surface area contributed by atoms with Crippen LogP contribution in [0.3, 0.4) is 0 Å². The largest absolute Gasteiger partial charge is 0.454 e. The summed E-state index contributed by atoms with van der Waals surface area (Å²) >= 11 is 2.24. The number of benzene rings is 1. The molecular formula is C16H18IN3O3. The van der Waals surface area contributed by atoms with Crippen LogP contribution in [-0.4, -0.2) is 34.9 Å². The first kappa shape index (κ1) is 16.3. The fourth-order valence-corrected chi connectivity index (χ4v) is 2.72. The van der Waals surface area contributed by atoms with Crippen LogP contribution < -0.4 is 10.1 Å². The van der Waals surface area contributed by atoms with Crippen LogP contribution >= 0.6 is 22.6 Å². The highest BCUT2D eigenvalue weighted by Gasteiger charge is 2.16. The van der Waals surface area contributed by atoms with Gasteiger partial charge in [-0.15, -0.1) is 0 Å². The molecule has 0 aliphatic carbocycles. The van der Waals surface area contributed by atoms with Gasteiger partial charge in [-0.2, -0.15) is 5.10 Å². The Morgan fingerprint density at radius 1 is 1.39 bits per heavy atom. The fourth-order valence-electron chi connectivity index (χ4n) is 2.36. The van der Waals surface area contributed by atoms with Crippen LogP contribution in [0.15, 0.2) is 36.7 Å². The summed E-state index contributed by atoms with van der Waals surface area (Å²) in [4.78, 5) is 11.9. The third-order valence-electron chi connectivity index (χ3n) is 3.52. The van der Waals surface area contributed by atoms with Crippen molar-refractivity contribution in [2.45, 2.75) is 25.5 Å². The van der Waals surface area contributed by atoms with E-state index < -0.39 is 0 Å². The van der Waals surface area contributed by atoms with Crippen molar-refractivity contribution in [1.82, 2.24) is 15.1 Å². The fraction of sp³-hybridized carbons (Fsp3) is 0.375. The normalized spacial score (nSPS) is 17.2. The summed E-state index contributed by atoms with van der Waals surface area (Å²) in [5, 5.41) is 7.02. The van der Waals surface area contributed by atoms with Crippen molar-refractivity contribution < 1.29 is 14.3 Å². The molecule has 1 saturated heterocycles. The number of hydrogen-bond donors (Lipinski definition) is 1. The van der Waals surface area contributed by atoms with E-state index in [1.54, 1.807) is 17.1 Å². The first-order chi connectivity index (χ1) is 11.2. The predicted molar refractivity (Wildman–Crippen MR) is 93.4 cm³/mol. The maximum atomic E-state index is 11.9. The molecule has 6 nitrogen and oxygen atoms in total. The number of halogens is 1. The molecule has 7 heteroatoms. The van der Waals surface area contributed by atoms with E-state index in [1.807, 2.05) is 24.3 Å². The van der Waals surface area contributed by atoms with E-state index in [0.29, 0.717) is 12.3 Å². The zero-order chi connectivity index (χ0) is 16.1. The molecule has 1 amide bonds. The van der Waals surface area contributed by atoms with Crippen molar-refractivity contribution in [3.05, 3.63) is 40.2 Å². The van der Waals surface area contributed by atoms with Crippen molar-refractivity contribution in [2.75, 3.05) is 13.2 Å². The zero-order valence-corrected chi connectivity index (χ0v) is 14.7. The Morgan fingerprint density at radius 2 is 2.22 bits per heavy atom. The number of aromatic nitrogens is 2. The second-order valence-corrected chi connectivity index (χ2v) is 6.61. The van der Waals surface area contributed by atoms with E-state index in [-0.39, 0.29) is 18.6 Å². The molecule has 1 aliphatic rings. The summed E-state index contributed by atoms with van der Waals surface area (Å²) < 4.78 is 13.9. The van der Waals surface area contributed by atoms with Crippen LogP contribution in [0, 0.1) is 3.57 Å². The third-order valence-corrected chi connectivity index (χ3v) is 4.23. The quantitative estimate of drug-likeness (QED) is 0.720. The standard InChI is InChI=1S/C16H18IN3O3/c17-12-3-5-13(6-4-12)23-15-9-19-20(10-15)11-16(21)18-8-14-2-1-7-22-14/h3-6,9-10,14H,1-2,7-8,11H2,(H,18,21). The Bertz CT molecular complexity index is 651. The summed E-state index contributed by atoms with van der Waals surface area (Å²) in [6, 6.07) is 7.73. The van der Waals surface area contributed by atoms with Gasteiger partial charge < -0.3 is 14.8 Å². The number of carbonyl (C=O) groups excluding carboxylic acids is 1. The molecule has 0 saturated carbocycles. The minimum atomic E-state index is -0.0792. The average molecular weight is 427 g/mol. The van der Waals surface area contributed by atoms with Crippen LogP contribution in [0.25, 0.3) is 0 Å². The Hall–Kier alpha value is -1.61. The van der Waals surface area contributed by atoms with E-state index in [9.17, 15) is 4.79 Å². The van der Waals surface area contributed by atoms with Gasteiger partial charge >= 0.3 is 0 Å². The van der Waals surface area contributed by atoms with E-state index in [4.69, 9.17) is 9.47 Å². The molecule has 1 unspecified atom stereocenters. The Balaban J connectivity index is 1.48. The number of hydrogen-bond acceptors (Lipinski definition) is 4. The Kier molecular flexibility index (Phi) is 5.50. The number of rotatable bonds is 6. The van der Waals surface area contributed by atoms with Crippen LogP contribution in [0.1, 0.15) is 12.8 Å². The van der Waals surface area contributed by atoms with E-state index in [2.05, 4.69) is 33.0 Å². The summed E-state index contributed by atoms with van der Waals surface area (Å²) in [5.41, 5.74) is 0. The highest BCUT2D eigenvalue weighted by molar-refractivity contribution is 14.1. The molecule has 1 aromatic carbocycles. The summed E-state index contributed by atoms with van der Waals surface area (Å²) in [7, 11) is 0. The summed E-state index contributed by atoms with van der Waals surface area (Å²) in [6.45, 7) is 1.52. The molecule has 0 bridgehead atoms. The SMILES string of the molecule is O=C(Cn1cc(Oc2ccc(I)cc2)cn1)NCC1CCCO1. The molecule has 2 heterocycles. The number of nitrogens with zero attached hydrogens (tertiary/aromatic N) is 2. The highest BCUT2D eigenvalue weighted by atomic mass is 127. The molecule has 3 rings (SSSR count). The van der Waals surface area contributed by atoms with Gasteiger partial charge in [0, 0.05) is 16.7 Å². The molecule has 1 aromatic heterocycles. The van der Waals surface area contributed by atoms with E-state index in [1.165, 1.54) is 0 Å². The molecule has 1 atom stereocenters. The predicted octanol–water partition coefficient (Wildman–Crippen LogP) is 2.58. The van der Waals surface area contributed by atoms with Gasteiger partial charge in [-0.1, -0.05) is 0 Å². The average Bonchev–Trinajstić information content (AvgIpc) is 3.20. The molecule has 23 heavy (non-hydrogen) atoms. The number of ether oxygens (including phenoxy) is 2. The minimum absolute atomic E-state index is 0.0792. The van der Waals surface area contributed by atoms with Gasteiger partial charge in [0.05, 0.1) is 18.5 Å². The van der Waals surface area contributed by atoms with Gasteiger partial charge in [-0.3, -0.25) is 9.48 Å². The lowest BCUT2D eigenvalue weighted by molar-refractivity contribution is -0.122. The maximum Gasteiger partial charge on any atom is 0.241 e. The van der Waals surface area contributed by atoms with E-state index in [0.717, 1.165) is 28.8 Å². The molecule has 1 fully saturated rings. The molecule has 1 aliphatic heterocycles. The number of nitrogens with one attached hydrogen (secondary N) is 1. The second kappa shape index (κ2) is 7.78. The highest BCUT2D eigenvalue weighted by Crippen LogP contribution is 2.21. The van der Waals surface area contributed by atoms with Crippen molar-refractivity contribution in [2.24, 2.45) is 0 Å². The second-order valence-electron chi connectivity index (χ2n) is 5.37. The van der Waals surface area contributed by atoms with E-state index >= 15 is 0 Å². The minimum Gasteiger partial charge on any atom is -0.454 e. The van der Waals surface area contributed by atoms with Gasteiger partial charge in [0.1, 0.15) is 12.3 Å². The number of carbonyl (C=O) groups is 1.